The predicted molar refractivity (Wildman–Crippen MR) is 62.3 cm³/mol. The van der Waals surface area contributed by atoms with Crippen LogP contribution in [0.3, 0.4) is 0 Å². The third kappa shape index (κ3) is 1.64. The van der Waals surface area contributed by atoms with Gasteiger partial charge >= 0.3 is 0 Å². The normalized spacial score (nSPS) is 25.9. The first-order chi connectivity index (χ1) is 7.79. The molecule has 1 aliphatic heterocycles. The second-order valence-corrected chi connectivity index (χ2v) is 4.80. The highest BCUT2D eigenvalue weighted by Gasteiger charge is 2.38. The average Bonchev–Trinajstić information content (AvgIpc) is 2.86. The van der Waals surface area contributed by atoms with Gasteiger partial charge in [-0.2, -0.15) is 0 Å². The van der Waals surface area contributed by atoms with Gasteiger partial charge in [0.1, 0.15) is 0 Å². The number of hydrogen-bond acceptors (Lipinski definition) is 3. The van der Waals surface area contributed by atoms with E-state index in [2.05, 4.69) is 11.4 Å². The maximum Gasteiger partial charge on any atom is 0.231 e. The van der Waals surface area contributed by atoms with Crippen molar-refractivity contribution in [1.29, 1.82) is 0 Å². The molecule has 0 bridgehead atoms. The molecule has 1 N–H and O–H groups in total. The van der Waals surface area contributed by atoms with Crippen LogP contribution in [0.1, 0.15) is 17.9 Å². The van der Waals surface area contributed by atoms with Crippen LogP contribution in [-0.2, 0) is 0 Å². The summed E-state index contributed by atoms with van der Waals surface area (Å²) in [4.78, 5) is 0. The zero-order valence-electron chi connectivity index (χ0n) is 9.13. The van der Waals surface area contributed by atoms with Crippen LogP contribution in [0.15, 0.2) is 12.1 Å². The lowest BCUT2D eigenvalue weighted by molar-refractivity contribution is 0.174. The van der Waals surface area contributed by atoms with Crippen LogP contribution < -0.4 is 14.8 Å². The summed E-state index contributed by atoms with van der Waals surface area (Å²) in [5.74, 6) is 2.84. The zero-order chi connectivity index (χ0) is 11.1. The van der Waals surface area contributed by atoms with Crippen molar-refractivity contribution < 1.29 is 9.47 Å². The molecule has 4 heteroatoms. The van der Waals surface area contributed by atoms with Gasteiger partial charge in [0.05, 0.1) is 5.02 Å². The fourth-order valence-electron chi connectivity index (χ4n) is 2.35. The largest absolute Gasteiger partial charge is 0.454 e. The molecule has 1 aromatic carbocycles. The van der Waals surface area contributed by atoms with Crippen molar-refractivity contribution in [2.75, 3.05) is 20.4 Å². The minimum Gasteiger partial charge on any atom is -0.454 e. The molecule has 1 saturated carbocycles. The summed E-state index contributed by atoms with van der Waals surface area (Å²) in [5, 5.41) is 3.87. The average molecular weight is 240 g/mol. The van der Waals surface area contributed by atoms with E-state index in [1.807, 2.05) is 13.1 Å². The van der Waals surface area contributed by atoms with E-state index in [9.17, 15) is 0 Å². The Bertz CT molecular complexity index is 422. The second-order valence-electron chi connectivity index (χ2n) is 4.40. The Labute approximate surface area is 99.7 Å². The molecule has 0 spiro atoms. The molecule has 2 aliphatic rings. The minimum atomic E-state index is 0.281. The van der Waals surface area contributed by atoms with Gasteiger partial charge in [-0.25, -0.2) is 0 Å². The Morgan fingerprint density at radius 3 is 3.12 bits per heavy atom. The first-order valence-corrected chi connectivity index (χ1v) is 5.91. The van der Waals surface area contributed by atoms with E-state index in [1.54, 1.807) is 0 Å². The topological polar surface area (TPSA) is 30.5 Å². The maximum atomic E-state index is 6.15. The Hall–Kier alpha value is -0.930. The lowest BCUT2D eigenvalue weighted by Gasteiger charge is -2.04. The number of hydrogen-bond donors (Lipinski definition) is 1. The van der Waals surface area contributed by atoms with Gasteiger partial charge in [0.15, 0.2) is 11.5 Å². The molecule has 3 rings (SSSR count). The summed E-state index contributed by atoms with van der Waals surface area (Å²) in [6, 6.07) is 4.07. The van der Waals surface area contributed by atoms with Crippen molar-refractivity contribution in [2.24, 2.45) is 5.92 Å². The summed E-state index contributed by atoms with van der Waals surface area (Å²) in [6.45, 7) is 1.35. The van der Waals surface area contributed by atoms with Crippen LogP contribution in [0, 0.1) is 5.92 Å². The Morgan fingerprint density at radius 2 is 2.31 bits per heavy atom. The summed E-state index contributed by atoms with van der Waals surface area (Å²) in [7, 11) is 1.99. The number of rotatable bonds is 3. The molecular weight excluding hydrogens is 226 g/mol. The van der Waals surface area contributed by atoms with Crippen molar-refractivity contribution in [3.63, 3.8) is 0 Å². The minimum absolute atomic E-state index is 0.281. The summed E-state index contributed by atoms with van der Waals surface area (Å²) >= 11 is 6.15. The van der Waals surface area contributed by atoms with Crippen LogP contribution >= 0.6 is 11.6 Å². The SMILES string of the molecule is CNCC1CC1c1cc(Cl)c2c(c1)OCO2. The Kier molecular flexibility index (Phi) is 2.45. The van der Waals surface area contributed by atoms with Gasteiger partial charge in [-0.1, -0.05) is 11.6 Å². The molecule has 0 aromatic heterocycles. The van der Waals surface area contributed by atoms with E-state index in [1.165, 1.54) is 12.0 Å². The first-order valence-electron chi connectivity index (χ1n) is 5.53. The van der Waals surface area contributed by atoms with Crippen LogP contribution in [0.5, 0.6) is 11.5 Å². The molecule has 2 atom stereocenters. The molecule has 1 heterocycles. The van der Waals surface area contributed by atoms with Crippen LogP contribution in [0.4, 0.5) is 0 Å². The summed E-state index contributed by atoms with van der Waals surface area (Å²) in [6.07, 6.45) is 1.23. The molecule has 0 saturated heterocycles. The fraction of sp³-hybridized carbons (Fsp3) is 0.500. The number of benzene rings is 1. The van der Waals surface area contributed by atoms with Gasteiger partial charge in [0.25, 0.3) is 0 Å². The molecule has 1 aliphatic carbocycles. The fourth-order valence-corrected chi connectivity index (χ4v) is 2.62. The van der Waals surface area contributed by atoms with E-state index in [0.29, 0.717) is 16.7 Å². The van der Waals surface area contributed by atoms with Crippen LogP contribution in [0.25, 0.3) is 0 Å². The van der Waals surface area contributed by atoms with Gasteiger partial charge in [-0.05, 0) is 49.5 Å². The van der Waals surface area contributed by atoms with Crippen molar-refractivity contribution in [3.05, 3.63) is 22.7 Å². The smallest absolute Gasteiger partial charge is 0.231 e. The predicted octanol–water partition coefficient (Wildman–Crippen LogP) is 2.39. The van der Waals surface area contributed by atoms with Crippen molar-refractivity contribution >= 4 is 11.6 Å². The molecule has 0 amide bonds. The van der Waals surface area contributed by atoms with Crippen LogP contribution in [0.2, 0.25) is 5.02 Å². The molecular formula is C12H14ClNO2. The highest BCUT2D eigenvalue weighted by atomic mass is 35.5. The number of halogens is 1. The number of ether oxygens (including phenoxy) is 2. The molecule has 2 unspecified atom stereocenters. The zero-order valence-corrected chi connectivity index (χ0v) is 9.88. The first kappa shape index (κ1) is 10.2. The molecule has 1 aromatic rings. The molecule has 1 fully saturated rings. The van der Waals surface area contributed by atoms with Gasteiger partial charge in [-0.3, -0.25) is 0 Å². The quantitative estimate of drug-likeness (QED) is 0.879. The van der Waals surface area contributed by atoms with E-state index >= 15 is 0 Å². The summed E-state index contributed by atoms with van der Waals surface area (Å²) < 4.78 is 10.7. The Morgan fingerprint density at radius 1 is 1.44 bits per heavy atom. The molecule has 16 heavy (non-hydrogen) atoms. The van der Waals surface area contributed by atoms with Crippen molar-refractivity contribution in [2.45, 2.75) is 12.3 Å². The second kappa shape index (κ2) is 3.82. The maximum absolute atomic E-state index is 6.15. The number of fused-ring (bicyclic) bond motifs is 1. The highest BCUT2D eigenvalue weighted by Crippen LogP contribution is 2.50. The van der Waals surface area contributed by atoms with E-state index < -0.39 is 0 Å². The van der Waals surface area contributed by atoms with Crippen LogP contribution in [-0.4, -0.2) is 20.4 Å². The van der Waals surface area contributed by atoms with Gasteiger partial charge in [0.2, 0.25) is 6.79 Å². The van der Waals surface area contributed by atoms with Crippen molar-refractivity contribution in [3.8, 4) is 11.5 Å². The van der Waals surface area contributed by atoms with Gasteiger partial charge in [-0.15, -0.1) is 0 Å². The molecule has 86 valence electrons. The Balaban J connectivity index is 1.85. The molecule has 0 radical (unpaired) electrons. The standard InChI is InChI=1S/C12H14ClNO2/c1-14-5-8-2-9(8)7-3-10(13)12-11(4-7)15-6-16-12/h3-4,8-9,14H,2,5-6H2,1H3. The van der Waals surface area contributed by atoms with E-state index in [-0.39, 0.29) is 6.79 Å². The monoisotopic (exact) mass is 239 g/mol. The van der Waals surface area contributed by atoms with Gasteiger partial charge in [0, 0.05) is 0 Å². The number of nitrogens with one attached hydrogen (secondary N) is 1. The van der Waals surface area contributed by atoms with E-state index in [0.717, 1.165) is 18.2 Å². The summed E-state index contributed by atoms with van der Waals surface area (Å²) in [5.41, 5.74) is 1.27. The third-order valence-corrected chi connectivity index (χ3v) is 3.55. The van der Waals surface area contributed by atoms with Gasteiger partial charge < -0.3 is 14.8 Å². The van der Waals surface area contributed by atoms with E-state index in [4.69, 9.17) is 21.1 Å². The van der Waals surface area contributed by atoms with Crippen molar-refractivity contribution in [1.82, 2.24) is 5.32 Å². The molecule has 3 nitrogen and oxygen atoms in total. The lowest BCUT2D eigenvalue weighted by atomic mass is 10.1. The highest BCUT2D eigenvalue weighted by molar-refractivity contribution is 6.32. The third-order valence-electron chi connectivity index (χ3n) is 3.27. The lowest BCUT2D eigenvalue weighted by Crippen LogP contribution is -2.10.